The van der Waals surface area contributed by atoms with Crippen molar-refractivity contribution in [3.63, 3.8) is 0 Å². The molecule has 6 atom stereocenters. The number of ether oxygens (including phenoxy) is 5. The van der Waals surface area contributed by atoms with E-state index in [2.05, 4.69) is 28.3 Å². The van der Waals surface area contributed by atoms with Crippen LogP contribution in [0.15, 0.2) is 27.5 Å². The van der Waals surface area contributed by atoms with Crippen molar-refractivity contribution in [3.05, 3.63) is 28.1 Å². The van der Waals surface area contributed by atoms with Crippen molar-refractivity contribution in [2.45, 2.75) is 102 Å². The maximum atomic E-state index is 12.9. The number of nitrogens with zero attached hydrogens (tertiary/aromatic N) is 1. The molecule has 2 aliphatic heterocycles. The third-order valence-corrected chi connectivity index (χ3v) is 9.49. The highest BCUT2D eigenvalue weighted by Crippen LogP contribution is 2.59. The highest BCUT2D eigenvalue weighted by atomic mass is 32.2. The SMILES string of the molecule is CO[C@@H]1[C@H](OC(=O)CC(=O)CSc2cc(=O)[nH]c(NC(=O)COCC(=O)C(C)(C)C)n2)CC[C@]2(CO2)[C@H]1[C@]1(C)O[C@@H]1CC=C(C)C. The molecule has 3 fully saturated rings. The summed E-state index contributed by atoms with van der Waals surface area (Å²) < 4.78 is 29.0. The van der Waals surface area contributed by atoms with Gasteiger partial charge in [-0.2, -0.15) is 0 Å². The van der Waals surface area contributed by atoms with Gasteiger partial charge >= 0.3 is 5.97 Å². The van der Waals surface area contributed by atoms with Crippen LogP contribution in [0.3, 0.4) is 0 Å². The zero-order valence-corrected chi connectivity index (χ0v) is 28.4. The van der Waals surface area contributed by atoms with E-state index < -0.39 is 59.5 Å². The number of aromatic nitrogens is 2. The Morgan fingerprint density at radius 2 is 1.93 bits per heavy atom. The van der Waals surface area contributed by atoms with Crippen molar-refractivity contribution in [3.8, 4) is 0 Å². The van der Waals surface area contributed by atoms with Crippen molar-refractivity contribution in [1.29, 1.82) is 0 Å². The summed E-state index contributed by atoms with van der Waals surface area (Å²) in [5, 5.41) is 2.58. The third-order valence-electron chi connectivity index (χ3n) is 8.52. The summed E-state index contributed by atoms with van der Waals surface area (Å²) in [7, 11) is 1.59. The van der Waals surface area contributed by atoms with Gasteiger partial charge in [0.15, 0.2) is 11.6 Å². The molecule has 254 valence electrons. The van der Waals surface area contributed by atoms with Gasteiger partial charge in [0.25, 0.3) is 11.5 Å². The van der Waals surface area contributed by atoms with Crippen LogP contribution in [-0.4, -0.2) is 95.6 Å². The Hall–Kier alpha value is -2.91. The van der Waals surface area contributed by atoms with Gasteiger partial charge in [-0.1, -0.05) is 44.2 Å². The van der Waals surface area contributed by atoms with Crippen LogP contribution >= 0.6 is 11.8 Å². The lowest BCUT2D eigenvalue weighted by Crippen LogP contribution is -2.55. The number of thioether (sulfide) groups is 1. The Kier molecular flexibility index (Phi) is 11.3. The van der Waals surface area contributed by atoms with Crippen LogP contribution < -0.4 is 10.9 Å². The van der Waals surface area contributed by atoms with Gasteiger partial charge in [0.05, 0.1) is 24.4 Å². The number of aromatic amines is 1. The van der Waals surface area contributed by atoms with E-state index in [-0.39, 0.29) is 46.7 Å². The Morgan fingerprint density at radius 1 is 1.22 bits per heavy atom. The lowest BCUT2D eigenvalue weighted by Gasteiger charge is -2.42. The number of ketones is 2. The predicted molar refractivity (Wildman–Crippen MR) is 169 cm³/mol. The number of esters is 1. The highest BCUT2D eigenvalue weighted by molar-refractivity contribution is 7.99. The monoisotopic (exact) mass is 663 g/mol. The molecule has 2 saturated heterocycles. The second-order valence-corrected chi connectivity index (χ2v) is 14.6. The van der Waals surface area contributed by atoms with Crippen LogP contribution in [0.4, 0.5) is 5.95 Å². The molecule has 14 heteroatoms. The van der Waals surface area contributed by atoms with Gasteiger partial charge in [-0.3, -0.25) is 34.3 Å². The lowest BCUT2D eigenvalue weighted by atomic mass is 9.68. The predicted octanol–water partition coefficient (Wildman–Crippen LogP) is 3.01. The molecule has 1 saturated carbocycles. The van der Waals surface area contributed by atoms with Crippen LogP contribution in [0.1, 0.15) is 67.2 Å². The second-order valence-electron chi connectivity index (χ2n) is 13.6. The normalized spacial score (nSPS) is 28.3. The second kappa shape index (κ2) is 14.5. The van der Waals surface area contributed by atoms with Gasteiger partial charge in [-0.05, 0) is 40.0 Å². The number of anilines is 1. The molecule has 3 aliphatic rings. The van der Waals surface area contributed by atoms with E-state index in [1.165, 1.54) is 11.6 Å². The van der Waals surface area contributed by atoms with Crippen LogP contribution in [0.5, 0.6) is 0 Å². The maximum Gasteiger partial charge on any atom is 0.313 e. The van der Waals surface area contributed by atoms with Gasteiger partial charge in [0.1, 0.15) is 48.1 Å². The molecule has 1 aliphatic carbocycles. The van der Waals surface area contributed by atoms with E-state index in [1.807, 2.05) is 13.8 Å². The Morgan fingerprint density at radius 3 is 2.57 bits per heavy atom. The van der Waals surface area contributed by atoms with Crippen molar-refractivity contribution >= 4 is 41.2 Å². The first kappa shape index (κ1) is 35.9. The Balaban J connectivity index is 1.27. The van der Waals surface area contributed by atoms with E-state index in [1.54, 1.807) is 27.9 Å². The summed E-state index contributed by atoms with van der Waals surface area (Å²) in [6.07, 6.45) is 2.72. The molecule has 0 radical (unpaired) electrons. The molecule has 1 amide bonds. The first-order chi connectivity index (χ1) is 21.6. The first-order valence-electron chi connectivity index (χ1n) is 15.4. The number of carbonyl (C=O) groups excluding carboxylic acids is 4. The molecule has 3 heterocycles. The van der Waals surface area contributed by atoms with E-state index in [0.29, 0.717) is 19.4 Å². The van der Waals surface area contributed by atoms with E-state index in [0.717, 1.165) is 18.2 Å². The van der Waals surface area contributed by atoms with Crippen molar-refractivity contribution in [2.24, 2.45) is 11.3 Å². The third kappa shape index (κ3) is 9.12. The fourth-order valence-corrected chi connectivity index (χ4v) is 6.59. The molecule has 1 spiro atoms. The standard InChI is InChI=1S/C32H45N3O10S/c1-18(2)8-9-22-31(6,45-22)28-27(41-7)20(10-11-32(28)17-43-32)44-26(40)12-19(36)16-46-25-13-23(38)33-29(35-25)34-24(39)15-42-14-21(37)30(3,4)5/h8,13,20,22,27-28H,9-12,14-17H2,1-7H3,(H2,33,34,35,38,39)/t20-,22-,27-,28-,31-,32+/m1/s1. The number of rotatable bonds is 15. The molecule has 0 aromatic carbocycles. The molecule has 4 rings (SSSR count). The van der Waals surface area contributed by atoms with Crippen molar-refractivity contribution in [2.75, 3.05) is 38.0 Å². The van der Waals surface area contributed by atoms with Crippen LogP contribution in [0.25, 0.3) is 0 Å². The fourth-order valence-electron chi connectivity index (χ4n) is 5.84. The fraction of sp³-hybridized carbons (Fsp3) is 0.688. The van der Waals surface area contributed by atoms with E-state index in [9.17, 15) is 24.0 Å². The van der Waals surface area contributed by atoms with Gasteiger partial charge in [0, 0.05) is 18.6 Å². The zero-order valence-electron chi connectivity index (χ0n) is 27.6. The summed E-state index contributed by atoms with van der Waals surface area (Å²) >= 11 is 0.950. The molecular formula is C32H45N3O10S. The highest BCUT2D eigenvalue weighted by Gasteiger charge is 2.72. The number of hydrogen-bond donors (Lipinski definition) is 2. The number of amides is 1. The molecule has 13 nitrogen and oxygen atoms in total. The number of allylic oxidation sites excluding steroid dienone is 1. The molecule has 0 bridgehead atoms. The molecule has 0 unspecified atom stereocenters. The Bertz CT molecular complexity index is 1410. The smallest absolute Gasteiger partial charge is 0.313 e. The minimum absolute atomic E-state index is 0.0179. The number of carbonyl (C=O) groups is 4. The van der Waals surface area contributed by atoms with Crippen LogP contribution in [0, 0.1) is 11.3 Å². The van der Waals surface area contributed by atoms with Gasteiger partial charge in [0.2, 0.25) is 5.95 Å². The maximum absolute atomic E-state index is 12.9. The molecule has 2 N–H and O–H groups in total. The summed E-state index contributed by atoms with van der Waals surface area (Å²) in [6, 6.07) is 1.18. The minimum atomic E-state index is -0.663. The number of hydrogen-bond acceptors (Lipinski definition) is 12. The number of methoxy groups -OCH3 is 1. The quantitative estimate of drug-likeness (QED) is 0.0701. The zero-order chi connectivity index (χ0) is 33.9. The number of Topliss-reactive ketones (excluding diaryl/α,β-unsaturated/α-hetero) is 2. The van der Waals surface area contributed by atoms with Crippen LogP contribution in [-0.2, 0) is 42.9 Å². The largest absolute Gasteiger partial charge is 0.459 e. The first-order valence-corrected chi connectivity index (χ1v) is 16.4. The topological polar surface area (TPSA) is 179 Å². The summed E-state index contributed by atoms with van der Waals surface area (Å²) in [6.45, 7) is 11.4. The number of H-pyrrole nitrogens is 1. The molecule has 1 aromatic heterocycles. The summed E-state index contributed by atoms with van der Waals surface area (Å²) in [5.74, 6) is -2.27. The number of nitrogens with one attached hydrogen (secondary N) is 2. The average molecular weight is 664 g/mol. The average Bonchev–Trinajstić information content (AvgIpc) is 3.87. The van der Waals surface area contributed by atoms with Gasteiger partial charge in [-0.25, -0.2) is 4.98 Å². The molecule has 1 aromatic rings. The lowest BCUT2D eigenvalue weighted by molar-refractivity contribution is -0.172. The van der Waals surface area contributed by atoms with Crippen molar-refractivity contribution < 1.29 is 42.9 Å². The van der Waals surface area contributed by atoms with Gasteiger partial charge < -0.3 is 23.7 Å². The van der Waals surface area contributed by atoms with Gasteiger partial charge in [-0.15, -0.1) is 0 Å². The Labute approximate surface area is 272 Å². The van der Waals surface area contributed by atoms with E-state index >= 15 is 0 Å². The minimum Gasteiger partial charge on any atom is -0.459 e. The van der Waals surface area contributed by atoms with E-state index in [4.69, 9.17) is 23.7 Å². The summed E-state index contributed by atoms with van der Waals surface area (Å²) in [4.78, 5) is 68.4. The molecular weight excluding hydrogens is 618 g/mol. The number of epoxide rings is 2. The van der Waals surface area contributed by atoms with Crippen LogP contribution in [0.2, 0.25) is 0 Å². The van der Waals surface area contributed by atoms with Crippen molar-refractivity contribution in [1.82, 2.24) is 9.97 Å². The molecule has 46 heavy (non-hydrogen) atoms. The summed E-state index contributed by atoms with van der Waals surface area (Å²) in [5.41, 5.74) is -0.761.